The Morgan fingerprint density at radius 3 is 2.39 bits per heavy atom. The summed E-state index contributed by atoms with van der Waals surface area (Å²) in [7, 11) is -0.296. The van der Waals surface area contributed by atoms with Crippen molar-refractivity contribution in [2.75, 3.05) is 20.6 Å². The summed E-state index contributed by atoms with van der Waals surface area (Å²) in [5.74, 6) is 0.707. The van der Waals surface area contributed by atoms with E-state index in [0.29, 0.717) is 12.5 Å². The molecule has 2 aromatic carbocycles. The lowest BCUT2D eigenvalue weighted by Gasteiger charge is -2.19. The van der Waals surface area contributed by atoms with Crippen LogP contribution in [0.15, 0.2) is 64.5 Å². The van der Waals surface area contributed by atoms with Gasteiger partial charge in [-0.1, -0.05) is 42.5 Å². The van der Waals surface area contributed by atoms with Gasteiger partial charge in [0, 0.05) is 25.6 Å². The van der Waals surface area contributed by atoms with E-state index in [9.17, 15) is 8.42 Å². The quantitative estimate of drug-likeness (QED) is 0.302. The van der Waals surface area contributed by atoms with Crippen molar-refractivity contribution >= 4 is 40.0 Å². The lowest BCUT2D eigenvalue weighted by Crippen LogP contribution is -2.40. The van der Waals surface area contributed by atoms with Crippen LogP contribution in [-0.4, -0.2) is 35.0 Å². The maximum absolute atomic E-state index is 11.9. The predicted molar refractivity (Wildman–Crippen MR) is 124 cm³/mol. The van der Waals surface area contributed by atoms with Crippen LogP contribution in [0.3, 0.4) is 0 Å². The first-order valence-corrected chi connectivity index (χ1v) is 10.5. The highest BCUT2D eigenvalue weighted by Gasteiger charge is 2.43. The van der Waals surface area contributed by atoms with E-state index in [1.807, 2.05) is 12.1 Å². The average molecular weight is 514 g/mol. The number of hydrogen-bond acceptors (Lipinski definition) is 3. The molecule has 3 rings (SSSR count). The molecule has 0 atom stereocenters. The van der Waals surface area contributed by atoms with Gasteiger partial charge in [0.05, 0.1) is 4.90 Å². The van der Waals surface area contributed by atoms with E-state index in [1.54, 1.807) is 25.2 Å². The molecule has 0 saturated heterocycles. The normalized spacial score (nSPS) is 15.4. The van der Waals surface area contributed by atoms with Crippen molar-refractivity contribution in [3.8, 4) is 0 Å². The van der Waals surface area contributed by atoms with Crippen molar-refractivity contribution in [2.45, 2.75) is 29.7 Å². The first-order chi connectivity index (χ1) is 13.0. The zero-order chi connectivity index (χ0) is 19.3. The number of nitrogens with zero attached hydrogens (tertiary/aromatic N) is 1. The molecule has 8 heteroatoms. The number of benzene rings is 2. The summed E-state index contributed by atoms with van der Waals surface area (Å²) in [6.45, 7) is 1.32. The summed E-state index contributed by atoms with van der Waals surface area (Å²) in [4.78, 5) is 4.54. The van der Waals surface area contributed by atoms with Gasteiger partial charge < -0.3 is 10.6 Å². The fourth-order valence-electron chi connectivity index (χ4n) is 3.11. The van der Waals surface area contributed by atoms with Crippen LogP contribution in [0.4, 0.5) is 0 Å². The van der Waals surface area contributed by atoms with Gasteiger partial charge in [-0.25, -0.2) is 13.1 Å². The minimum absolute atomic E-state index is 0. The molecule has 28 heavy (non-hydrogen) atoms. The number of guanidine groups is 1. The summed E-state index contributed by atoms with van der Waals surface area (Å²) in [5, 5.41) is 6.66. The lowest BCUT2D eigenvalue weighted by molar-refractivity contribution is 0.588. The first kappa shape index (κ1) is 22.6. The second-order valence-corrected chi connectivity index (χ2v) is 8.67. The van der Waals surface area contributed by atoms with E-state index in [2.05, 4.69) is 44.6 Å². The second kappa shape index (κ2) is 9.71. The van der Waals surface area contributed by atoms with Crippen molar-refractivity contribution < 1.29 is 8.42 Å². The van der Waals surface area contributed by atoms with Crippen LogP contribution in [0.25, 0.3) is 0 Å². The van der Waals surface area contributed by atoms with Gasteiger partial charge >= 0.3 is 0 Å². The minimum atomic E-state index is -3.44. The van der Waals surface area contributed by atoms with Crippen molar-refractivity contribution in [2.24, 2.45) is 4.99 Å². The fourth-order valence-corrected chi connectivity index (χ4v) is 3.91. The predicted octanol–water partition coefficient (Wildman–Crippen LogP) is 2.61. The van der Waals surface area contributed by atoms with Gasteiger partial charge in [0.15, 0.2) is 5.96 Å². The molecule has 1 aliphatic carbocycles. The minimum Gasteiger partial charge on any atom is -0.356 e. The monoisotopic (exact) mass is 514 g/mol. The van der Waals surface area contributed by atoms with Crippen LogP contribution in [0.1, 0.15) is 24.0 Å². The molecule has 0 bridgehead atoms. The van der Waals surface area contributed by atoms with Gasteiger partial charge in [0.25, 0.3) is 0 Å². The third-order valence-electron chi connectivity index (χ3n) is 4.99. The van der Waals surface area contributed by atoms with Gasteiger partial charge in [-0.2, -0.15) is 0 Å². The molecular formula is C20H27IN4O2S. The van der Waals surface area contributed by atoms with E-state index in [-0.39, 0.29) is 34.3 Å². The Balaban J connectivity index is 0.00000280. The zero-order valence-electron chi connectivity index (χ0n) is 16.1. The van der Waals surface area contributed by atoms with Gasteiger partial charge in [-0.15, -0.1) is 24.0 Å². The number of nitrogens with one attached hydrogen (secondary N) is 3. The van der Waals surface area contributed by atoms with E-state index >= 15 is 0 Å². The summed E-state index contributed by atoms with van der Waals surface area (Å²) >= 11 is 0. The van der Waals surface area contributed by atoms with Gasteiger partial charge in [0.1, 0.15) is 0 Å². The molecule has 1 aliphatic rings. The summed E-state index contributed by atoms with van der Waals surface area (Å²) in [6.07, 6.45) is 2.34. The largest absolute Gasteiger partial charge is 0.356 e. The molecule has 6 nitrogen and oxygen atoms in total. The molecule has 0 amide bonds. The Labute approximate surface area is 184 Å². The maximum Gasteiger partial charge on any atom is 0.240 e. The molecule has 1 fully saturated rings. The smallest absolute Gasteiger partial charge is 0.240 e. The highest BCUT2D eigenvalue weighted by atomic mass is 127. The van der Waals surface area contributed by atoms with Crippen LogP contribution >= 0.6 is 24.0 Å². The molecule has 0 radical (unpaired) electrons. The molecule has 0 heterocycles. The molecule has 152 valence electrons. The van der Waals surface area contributed by atoms with Crippen molar-refractivity contribution in [1.29, 1.82) is 0 Å². The van der Waals surface area contributed by atoms with Crippen LogP contribution in [0, 0.1) is 0 Å². The van der Waals surface area contributed by atoms with E-state index in [0.717, 1.165) is 12.1 Å². The first-order valence-electron chi connectivity index (χ1n) is 9.02. The van der Waals surface area contributed by atoms with Crippen molar-refractivity contribution in [1.82, 2.24) is 15.4 Å². The molecule has 0 aromatic heterocycles. The molecule has 0 unspecified atom stereocenters. The van der Waals surface area contributed by atoms with Crippen molar-refractivity contribution in [3.63, 3.8) is 0 Å². The maximum atomic E-state index is 11.9. The third-order valence-corrected chi connectivity index (χ3v) is 6.41. The Morgan fingerprint density at radius 2 is 1.79 bits per heavy atom. The van der Waals surface area contributed by atoms with Crippen molar-refractivity contribution in [3.05, 3.63) is 65.7 Å². The van der Waals surface area contributed by atoms with Gasteiger partial charge in [-0.3, -0.25) is 4.99 Å². The molecule has 2 aromatic rings. The number of hydrogen-bond donors (Lipinski definition) is 3. The van der Waals surface area contributed by atoms with Crippen LogP contribution in [0.5, 0.6) is 0 Å². The van der Waals surface area contributed by atoms with Gasteiger partial charge in [-0.05, 0) is 43.1 Å². The number of rotatable bonds is 7. The summed E-state index contributed by atoms with van der Waals surface area (Å²) in [5.41, 5.74) is 2.43. The third kappa shape index (κ3) is 5.45. The highest BCUT2D eigenvalue weighted by molar-refractivity contribution is 14.0. The van der Waals surface area contributed by atoms with E-state index in [4.69, 9.17) is 0 Å². The topological polar surface area (TPSA) is 82.6 Å². The van der Waals surface area contributed by atoms with Crippen LogP contribution in [0.2, 0.25) is 0 Å². The Morgan fingerprint density at radius 1 is 1.07 bits per heavy atom. The van der Waals surface area contributed by atoms with E-state index < -0.39 is 10.0 Å². The standard InChI is InChI=1S/C20H26N4O2S.HI/c1-21-19(24-15-20(11-12-20)17-8-4-3-5-9-17)23-14-16-7-6-10-18(13-16)27(25,26)22-2;/h3-10,13,22H,11-12,14-15H2,1-2H3,(H2,21,23,24);1H. The molecule has 1 saturated carbocycles. The fraction of sp³-hybridized carbons (Fsp3) is 0.350. The lowest BCUT2D eigenvalue weighted by atomic mass is 9.96. The molecular weight excluding hydrogens is 487 g/mol. The van der Waals surface area contributed by atoms with Crippen LogP contribution in [-0.2, 0) is 22.0 Å². The SMILES string of the molecule is CN=C(NCc1cccc(S(=O)(=O)NC)c1)NCC1(c2ccccc2)CC1.I. The summed E-state index contributed by atoms with van der Waals surface area (Å²) in [6, 6.07) is 17.4. The highest BCUT2D eigenvalue weighted by Crippen LogP contribution is 2.47. The Bertz CT molecular complexity index is 913. The Kier molecular flexibility index (Phi) is 7.85. The average Bonchev–Trinajstić information content (AvgIpc) is 3.50. The van der Waals surface area contributed by atoms with Gasteiger partial charge in [0.2, 0.25) is 10.0 Å². The summed E-state index contributed by atoms with van der Waals surface area (Å²) < 4.78 is 26.2. The number of halogens is 1. The van der Waals surface area contributed by atoms with Crippen LogP contribution < -0.4 is 15.4 Å². The molecule has 0 spiro atoms. The molecule has 0 aliphatic heterocycles. The number of aliphatic imine (C=N–C) groups is 1. The Hall–Kier alpha value is -1.65. The zero-order valence-corrected chi connectivity index (χ0v) is 19.3. The number of sulfonamides is 1. The second-order valence-electron chi connectivity index (χ2n) is 6.78. The molecule has 3 N–H and O–H groups in total. The van der Waals surface area contributed by atoms with E-state index in [1.165, 1.54) is 25.5 Å².